The van der Waals surface area contributed by atoms with Crippen molar-refractivity contribution in [3.05, 3.63) is 23.9 Å². The minimum Gasteiger partial charge on any atom is -0.393 e. The van der Waals surface area contributed by atoms with Gasteiger partial charge in [-0.3, -0.25) is 0 Å². The van der Waals surface area contributed by atoms with Gasteiger partial charge in [-0.1, -0.05) is 18.9 Å². The number of aliphatic hydroxyl groups is 1. The normalized spacial score (nSPS) is 25.0. The van der Waals surface area contributed by atoms with Gasteiger partial charge in [0.25, 0.3) is 0 Å². The van der Waals surface area contributed by atoms with E-state index in [9.17, 15) is 5.11 Å². The second-order valence-corrected chi connectivity index (χ2v) is 7.15. The summed E-state index contributed by atoms with van der Waals surface area (Å²) in [6.07, 6.45) is 11.6. The Balaban J connectivity index is 1.32. The molecule has 1 saturated heterocycles. The highest BCUT2D eigenvalue weighted by molar-refractivity contribution is 5.40. The van der Waals surface area contributed by atoms with E-state index in [0.717, 1.165) is 51.3 Å². The molecule has 23 heavy (non-hydrogen) atoms. The maximum Gasteiger partial charge on any atom is 0.128 e. The molecule has 128 valence electrons. The van der Waals surface area contributed by atoms with E-state index in [-0.39, 0.29) is 6.10 Å². The fraction of sp³-hybridized carbons (Fsp3) is 0.737. The van der Waals surface area contributed by atoms with E-state index in [1.807, 2.05) is 6.20 Å². The lowest BCUT2D eigenvalue weighted by molar-refractivity contribution is 0.0643. The molecule has 2 N–H and O–H groups in total. The highest BCUT2D eigenvalue weighted by Gasteiger charge is 2.22. The van der Waals surface area contributed by atoms with Crippen LogP contribution in [0.1, 0.15) is 56.9 Å². The lowest BCUT2D eigenvalue weighted by Gasteiger charge is -2.27. The van der Waals surface area contributed by atoms with Gasteiger partial charge in [0, 0.05) is 25.8 Å². The van der Waals surface area contributed by atoms with Crippen molar-refractivity contribution < 1.29 is 5.11 Å². The summed E-state index contributed by atoms with van der Waals surface area (Å²) in [5, 5.41) is 13.5. The molecule has 2 unspecified atom stereocenters. The third kappa shape index (κ3) is 4.92. The highest BCUT2D eigenvalue weighted by Crippen LogP contribution is 2.27. The number of rotatable bonds is 7. The summed E-state index contributed by atoms with van der Waals surface area (Å²) in [6.45, 7) is 4.22. The van der Waals surface area contributed by atoms with Gasteiger partial charge in [0.05, 0.1) is 6.10 Å². The first-order chi connectivity index (χ1) is 11.3. The predicted octanol–water partition coefficient (Wildman–Crippen LogP) is 3.10. The van der Waals surface area contributed by atoms with E-state index in [1.54, 1.807) is 0 Å². The van der Waals surface area contributed by atoms with E-state index in [1.165, 1.54) is 37.7 Å². The standard InChI is InChI=1S/C19H31N3O/c23-18-8-2-1-6-17(18)7-5-11-20-14-16-9-10-19(21-15-16)22-12-3-4-13-22/h9-10,15,17-18,20,23H,1-8,11-14H2. The van der Waals surface area contributed by atoms with Gasteiger partial charge in [0.1, 0.15) is 5.82 Å². The maximum atomic E-state index is 9.99. The molecule has 2 atom stereocenters. The van der Waals surface area contributed by atoms with Crippen LogP contribution >= 0.6 is 0 Å². The lowest BCUT2D eigenvalue weighted by atomic mass is 9.83. The van der Waals surface area contributed by atoms with Crippen LogP contribution in [0.25, 0.3) is 0 Å². The van der Waals surface area contributed by atoms with Gasteiger partial charge in [-0.25, -0.2) is 4.98 Å². The first-order valence-corrected chi connectivity index (χ1v) is 9.41. The Kier molecular flexibility index (Phi) is 6.29. The molecule has 1 saturated carbocycles. The van der Waals surface area contributed by atoms with Gasteiger partial charge in [0.2, 0.25) is 0 Å². The second-order valence-electron chi connectivity index (χ2n) is 7.15. The van der Waals surface area contributed by atoms with E-state index in [2.05, 4.69) is 27.3 Å². The van der Waals surface area contributed by atoms with Crippen molar-refractivity contribution in [2.45, 2.75) is 64.0 Å². The number of hydrogen-bond donors (Lipinski definition) is 2. The van der Waals surface area contributed by atoms with Gasteiger partial charge in [-0.05, 0) is 62.6 Å². The van der Waals surface area contributed by atoms with Crippen LogP contribution in [-0.4, -0.2) is 35.8 Å². The average molecular weight is 317 g/mol. The van der Waals surface area contributed by atoms with E-state index in [4.69, 9.17) is 0 Å². The van der Waals surface area contributed by atoms with Crippen LogP contribution in [0.15, 0.2) is 18.3 Å². The van der Waals surface area contributed by atoms with E-state index >= 15 is 0 Å². The molecule has 1 aromatic rings. The van der Waals surface area contributed by atoms with E-state index < -0.39 is 0 Å². The predicted molar refractivity (Wildman–Crippen MR) is 94.6 cm³/mol. The molecule has 2 aliphatic rings. The first-order valence-electron chi connectivity index (χ1n) is 9.41. The molecule has 1 aliphatic carbocycles. The minimum atomic E-state index is -0.0499. The number of nitrogens with zero attached hydrogens (tertiary/aromatic N) is 2. The topological polar surface area (TPSA) is 48.4 Å². The summed E-state index contributed by atoms with van der Waals surface area (Å²) in [4.78, 5) is 6.96. The van der Waals surface area contributed by atoms with Crippen molar-refractivity contribution in [1.82, 2.24) is 10.3 Å². The smallest absolute Gasteiger partial charge is 0.128 e. The molecule has 2 fully saturated rings. The Morgan fingerprint density at radius 1 is 1.13 bits per heavy atom. The summed E-state index contributed by atoms with van der Waals surface area (Å²) >= 11 is 0. The molecule has 0 amide bonds. The zero-order valence-corrected chi connectivity index (χ0v) is 14.2. The van der Waals surface area contributed by atoms with Crippen molar-refractivity contribution in [2.24, 2.45) is 5.92 Å². The Bertz CT molecular complexity index is 456. The monoisotopic (exact) mass is 317 g/mol. The van der Waals surface area contributed by atoms with Crippen LogP contribution in [0.2, 0.25) is 0 Å². The molecule has 1 aliphatic heterocycles. The molecule has 0 spiro atoms. The van der Waals surface area contributed by atoms with Crippen LogP contribution in [0.3, 0.4) is 0 Å². The maximum absolute atomic E-state index is 9.99. The zero-order valence-electron chi connectivity index (χ0n) is 14.2. The number of aromatic nitrogens is 1. The molecule has 0 aromatic carbocycles. The molecule has 4 nitrogen and oxygen atoms in total. The fourth-order valence-corrected chi connectivity index (χ4v) is 3.90. The van der Waals surface area contributed by atoms with Gasteiger partial charge < -0.3 is 15.3 Å². The summed E-state index contributed by atoms with van der Waals surface area (Å²) in [5.74, 6) is 1.66. The van der Waals surface area contributed by atoms with Crippen molar-refractivity contribution in [2.75, 3.05) is 24.5 Å². The van der Waals surface area contributed by atoms with Gasteiger partial charge in [-0.15, -0.1) is 0 Å². The largest absolute Gasteiger partial charge is 0.393 e. The molecule has 1 aromatic heterocycles. The van der Waals surface area contributed by atoms with Gasteiger partial charge >= 0.3 is 0 Å². The molecule has 0 bridgehead atoms. The lowest BCUT2D eigenvalue weighted by Crippen LogP contribution is -2.25. The highest BCUT2D eigenvalue weighted by atomic mass is 16.3. The Morgan fingerprint density at radius 2 is 1.96 bits per heavy atom. The number of nitrogens with one attached hydrogen (secondary N) is 1. The van der Waals surface area contributed by atoms with Crippen molar-refractivity contribution in [3.8, 4) is 0 Å². The molecular formula is C19H31N3O. The molecular weight excluding hydrogens is 286 g/mol. The van der Waals surface area contributed by atoms with Crippen LogP contribution < -0.4 is 10.2 Å². The third-order valence-corrected chi connectivity index (χ3v) is 5.37. The van der Waals surface area contributed by atoms with Crippen molar-refractivity contribution >= 4 is 5.82 Å². The van der Waals surface area contributed by atoms with Crippen LogP contribution in [0.4, 0.5) is 5.82 Å². The summed E-state index contributed by atoms with van der Waals surface area (Å²) < 4.78 is 0. The SMILES string of the molecule is OC1CCCCC1CCCNCc1ccc(N2CCCC2)nc1. The first kappa shape index (κ1) is 16.7. The molecule has 3 rings (SSSR count). The number of anilines is 1. The molecule has 4 heteroatoms. The summed E-state index contributed by atoms with van der Waals surface area (Å²) in [6, 6.07) is 4.35. The molecule has 2 heterocycles. The summed E-state index contributed by atoms with van der Waals surface area (Å²) in [7, 11) is 0. The van der Waals surface area contributed by atoms with Crippen molar-refractivity contribution in [3.63, 3.8) is 0 Å². The third-order valence-electron chi connectivity index (χ3n) is 5.37. The average Bonchev–Trinajstić information content (AvgIpc) is 3.11. The zero-order chi connectivity index (χ0) is 15.9. The Morgan fingerprint density at radius 3 is 2.70 bits per heavy atom. The second kappa shape index (κ2) is 8.65. The fourth-order valence-electron chi connectivity index (χ4n) is 3.90. The Labute approximate surface area is 140 Å². The number of hydrogen-bond acceptors (Lipinski definition) is 4. The minimum absolute atomic E-state index is 0.0499. The number of pyridine rings is 1. The Hall–Kier alpha value is -1.13. The van der Waals surface area contributed by atoms with Crippen LogP contribution in [0.5, 0.6) is 0 Å². The van der Waals surface area contributed by atoms with Gasteiger partial charge in [-0.2, -0.15) is 0 Å². The van der Waals surface area contributed by atoms with Gasteiger partial charge in [0.15, 0.2) is 0 Å². The van der Waals surface area contributed by atoms with Crippen LogP contribution in [-0.2, 0) is 6.54 Å². The quantitative estimate of drug-likeness (QED) is 0.759. The van der Waals surface area contributed by atoms with E-state index in [0.29, 0.717) is 5.92 Å². The number of aliphatic hydroxyl groups excluding tert-OH is 1. The van der Waals surface area contributed by atoms with Crippen molar-refractivity contribution in [1.29, 1.82) is 0 Å². The van der Waals surface area contributed by atoms with Crippen LogP contribution in [0, 0.1) is 5.92 Å². The molecule has 0 radical (unpaired) electrons. The summed E-state index contributed by atoms with van der Waals surface area (Å²) in [5.41, 5.74) is 1.26.